The number of nitrogens with two attached hydrogens (primary N) is 1. The second-order valence-electron chi connectivity index (χ2n) is 9.62. The zero-order valence-corrected chi connectivity index (χ0v) is 23.0. The second-order valence-corrected chi connectivity index (χ2v) is 9.62. The molecular weight excluding hydrogens is 518 g/mol. The van der Waals surface area contributed by atoms with Crippen molar-refractivity contribution in [1.82, 2.24) is 0 Å². The molecule has 0 spiro atoms. The summed E-state index contributed by atoms with van der Waals surface area (Å²) < 4.78 is 11.8. The van der Waals surface area contributed by atoms with Crippen LogP contribution in [0.15, 0.2) is 103 Å². The third-order valence-corrected chi connectivity index (χ3v) is 6.63. The molecule has 0 aliphatic heterocycles. The van der Waals surface area contributed by atoms with Crippen LogP contribution in [0.25, 0.3) is 10.8 Å². The number of benzene rings is 4. The number of allylic oxidation sites excluding steroid dienone is 1. The number of nitrogen functional groups attached to an aromatic ring is 1. The summed E-state index contributed by atoms with van der Waals surface area (Å²) in [6, 6.07) is 27.9. The standard InChI is InChI=1S/C33H35N3O5/c1-23(11-2-9-20-31(38)35-29-17-7-6-16-27(29)34)32(26-15-5-8-19-30(26)40-22-21-37)41-33(39)36-28-18-10-13-24-12-3-4-14-25(24)28/h3-10,12-20,23,32,37H,2,11,21-22,34H2,1H3,(H,35,38)(H,36,39)/b20-9+/t23-,32-/m0/s1. The number of hydrogen-bond acceptors (Lipinski definition) is 6. The molecular formula is C33H35N3O5. The van der Waals surface area contributed by atoms with Crippen LogP contribution in [0.5, 0.6) is 5.75 Å². The molecule has 2 amide bonds. The van der Waals surface area contributed by atoms with Crippen LogP contribution in [0, 0.1) is 5.92 Å². The largest absolute Gasteiger partial charge is 0.491 e. The molecule has 5 N–H and O–H groups in total. The van der Waals surface area contributed by atoms with Crippen molar-refractivity contribution in [3.63, 3.8) is 0 Å². The highest BCUT2D eigenvalue weighted by atomic mass is 16.6. The molecule has 41 heavy (non-hydrogen) atoms. The van der Waals surface area contributed by atoms with E-state index in [0.29, 0.717) is 41.2 Å². The fourth-order valence-electron chi connectivity index (χ4n) is 4.56. The van der Waals surface area contributed by atoms with E-state index in [-0.39, 0.29) is 25.0 Å². The number of anilines is 3. The molecule has 8 nitrogen and oxygen atoms in total. The summed E-state index contributed by atoms with van der Waals surface area (Å²) in [5.41, 5.74) is 8.30. The Morgan fingerprint density at radius 2 is 1.61 bits per heavy atom. The number of aliphatic hydroxyl groups is 1. The Morgan fingerprint density at radius 1 is 0.902 bits per heavy atom. The molecule has 0 unspecified atom stereocenters. The molecule has 0 heterocycles. The third kappa shape index (κ3) is 8.09. The van der Waals surface area contributed by atoms with E-state index in [1.54, 1.807) is 36.4 Å². The van der Waals surface area contributed by atoms with Crippen LogP contribution in [0.3, 0.4) is 0 Å². The molecule has 4 aromatic rings. The Labute approximate surface area is 239 Å². The number of amides is 2. The number of ether oxygens (including phenoxy) is 2. The fourth-order valence-corrected chi connectivity index (χ4v) is 4.56. The van der Waals surface area contributed by atoms with Gasteiger partial charge in [-0.3, -0.25) is 10.1 Å². The number of aliphatic hydroxyl groups excluding tert-OH is 1. The normalized spacial score (nSPS) is 12.5. The molecule has 0 bridgehead atoms. The highest BCUT2D eigenvalue weighted by Crippen LogP contribution is 2.36. The zero-order valence-electron chi connectivity index (χ0n) is 23.0. The van der Waals surface area contributed by atoms with E-state index >= 15 is 0 Å². The van der Waals surface area contributed by atoms with E-state index in [4.69, 9.17) is 15.2 Å². The first-order chi connectivity index (χ1) is 20.0. The number of hydrogen-bond donors (Lipinski definition) is 4. The molecule has 4 rings (SSSR count). The first-order valence-corrected chi connectivity index (χ1v) is 13.6. The molecule has 212 valence electrons. The first-order valence-electron chi connectivity index (χ1n) is 13.6. The topological polar surface area (TPSA) is 123 Å². The summed E-state index contributed by atoms with van der Waals surface area (Å²) in [5, 5.41) is 16.9. The second kappa shape index (κ2) is 14.5. The van der Waals surface area contributed by atoms with E-state index in [2.05, 4.69) is 10.6 Å². The lowest BCUT2D eigenvalue weighted by Crippen LogP contribution is -2.23. The Balaban J connectivity index is 1.47. The lowest BCUT2D eigenvalue weighted by atomic mass is 9.92. The van der Waals surface area contributed by atoms with Gasteiger partial charge in [0.15, 0.2) is 0 Å². The van der Waals surface area contributed by atoms with Gasteiger partial charge in [0, 0.05) is 10.9 Å². The van der Waals surface area contributed by atoms with Crippen molar-refractivity contribution >= 4 is 39.8 Å². The number of rotatable bonds is 12. The van der Waals surface area contributed by atoms with Gasteiger partial charge < -0.3 is 25.6 Å². The number of carbonyl (C=O) groups is 2. The molecule has 0 aliphatic rings. The van der Waals surface area contributed by atoms with Crippen molar-refractivity contribution in [3.05, 3.63) is 109 Å². The maximum Gasteiger partial charge on any atom is 0.412 e. The van der Waals surface area contributed by atoms with Crippen LogP contribution < -0.4 is 21.1 Å². The van der Waals surface area contributed by atoms with Crippen molar-refractivity contribution in [3.8, 4) is 5.75 Å². The van der Waals surface area contributed by atoms with Gasteiger partial charge in [-0.25, -0.2) is 4.79 Å². The van der Waals surface area contributed by atoms with Crippen molar-refractivity contribution in [2.24, 2.45) is 5.92 Å². The van der Waals surface area contributed by atoms with Gasteiger partial charge in [0.1, 0.15) is 18.5 Å². The van der Waals surface area contributed by atoms with E-state index in [9.17, 15) is 14.7 Å². The van der Waals surface area contributed by atoms with E-state index in [1.807, 2.05) is 67.6 Å². The summed E-state index contributed by atoms with van der Waals surface area (Å²) in [7, 11) is 0. The summed E-state index contributed by atoms with van der Waals surface area (Å²) in [6.07, 6.45) is 3.21. The monoisotopic (exact) mass is 553 g/mol. The number of carbonyl (C=O) groups excluding carboxylic acids is 2. The third-order valence-electron chi connectivity index (χ3n) is 6.63. The SMILES string of the molecule is C[C@@H](CC/C=C/C(=O)Nc1ccccc1N)[C@H](OC(=O)Nc1cccc2ccccc12)c1ccccc1OCCO. The quantitative estimate of drug-likeness (QED) is 0.114. The molecule has 0 aromatic heterocycles. The molecule has 0 saturated carbocycles. The maximum absolute atomic E-state index is 13.2. The maximum atomic E-state index is 13.2. The van der Waals surface area contributed by atoms with Crippen molar-refractivity contribution < 1.29 is 24.2 Å². The highest BCUT2D eigenvalue weighted by Gasteiger charge is 2.26. The molecule has 4 aromatic carbocycles. The van der Waals surface area contributed by atoms with E-state index in [0.717, 1.165) is 10.8 Å². The van der Waals surface area contributed by atoms with Crippen LogP contribution in [0.4, 0.5) is 21.9 Å². The summed E-state index contributed by atoms with van der Waals surface area (Å²) >= 11 is 0. The van der Waals surface area contributed by atoms with Crippen LogP contribution in [0.1, 0.15) is 31.4 Å². The van der Waals surface area contributed by atoms with Crippen molar-refractivity contribution in [2.75, 3.05) is 29.6 Å². The lowest BCUT2D eigenvalue weighted by Gasteiger charge is -2.26. The molecule has 0 aliphatic carbocycles. The van der Waals surface area contributed by atoms with Gasteiger partial charge in [-0.15, -0.1) is 0 Å². The molecule has 2 atom stereocenters. The van der Waals surface area contributed by atoms with Crippen LogP contribution >= 0.6 is 0 Å². The van der Waals surface area contributed by atoms with Gasteiger partial charge in [0.25, 0.3) is 0 Å². The van der Waals surface area contributed by atoms with E-state index < -0.39 is 12.2 Å². The Bertz CT molecular complexity index is 1500. The minimum Gasteiger partial charge on any atom is -0.491 e. The van der Waals surface area contributed by atoms with Gasteiger partial charge in [0.05, 0.1) is 23.7 Å². The van der Waals surface area contributed by atoms with Gasteiger partial charge in [-0.05, 0) is 54.5 Å². The molecule has 8 heteroatoms. The van der Waals surface area contributed by atoms with Gasteiger partial charge >= 0.3 is 6.09 Å². The Hall–Kier alpha value is -4.82. The Morgan fingerprint density at radius 3 is 2.44 bits per heavy atom. The average Bonchev–Trinajstić information content (AvgIpc) is 2.98. The number of nitrogens with one attached hydrogen (secondary N) is 2. The number of para-hydroxylation sites is 3. The number of fused-ring (bicyclic) bond motifs is 1. The van der Waals surface area contributed by atoms with Crippen molar-refractivity contribution in [1.29, 1.82) is 0 Å². The summed E-state index contributed by atoms with van der Waals surface area (Å²) in [5.74, 6) is 0.122. The smallest absolute Gasteiger partial charge is 0.412 e. The predicted octanol–water partition coefficient (Wildman–Crippen LogP) is 6.69. The first kappa shape index (κ1) is 29.2. The van der Waals surface area contributed by atoms with Gasteiger partial charge in [-0.2, -0.15) is 0 Å². The summed E-state index contributed by atoms with van der Waals surface area (Å²) in [6.45, 7) is 1.96. The minimum atomic E-state index is -0.647. The van der Waals surface area contributed by atoms with Crippen LogP contribution in [-0.4, -0.2) is 30.3 Å². The zero-order chi connectivity index (χ0) is 29.0. The minimum absolute atomic E-state index is 0.115. The predicted molar refractivity (Wildman–Crippen MR) is 163 cm³/mol. The lowest BCUT2D eigenvalue weighted by molar-refractivity contribution is -0.111. The molecule has 0 fully saturated rings. The van der Waals surface area contributed by atoms with Gasteiger partial charge in [0.2, 0.25) is 5.91 Å². The average molecular weight is 554 g/mol. The Kier molecular flexibility index (Phi) is 10.3. The highest BCUT2D eigenvalue weighted by molar-refractivity contribution is 6.01. The summed E-state index contributed by atoms with van der Waals surface area (Å²) in [4.78, 5) is 25.6. The van der Waals surface area contributed by atoms with Crippen LogP contribution in [0.2, 0.25) is 0 Å². The fraction of sp³-hybridized carbons (Fsp3) is 0.212. The molecule has 0 saturated heterocycles. The molecule has 0 radical (unpaired) electrons. The van der Waals surface area contributed by atoms with Crippen LogP contribution in [-0.2, 0) is 9.53 Å². The van der Waals surface area contributed by atoms with Gasteiger partial charge in [-0.1, -0.05) is 79.7 Å². The van der Waals surface area contributed by atoms with E-state index in [1.165, 1.54) is 6.08 Å². The van der Waals surface area contributed by atoms with Crippen molar-refractivity contribution in [2.45, 2.75) is 25.9 Å².